The van der Waals surface area contributed by atoms with Crippen LogP contribution in [0.15, 0.2) is 59.2 Å². The molecule has 7 heteroatoms. The average Bonchev–Trinajstić information content (AvgIpc) is 2.81. The highest BCUT2D eigenvalue weighted by Gasteiger charge is 2.36. The van der Waals surface area contributed by atoms with E-state index in [9.17, 15) is 14.5 Å². The van der Waals surface area contributed by atoms with Crippen molar-refractivity contribution in [3.05, 3.63) is 76.2 Å². The van der Waals surface area contributed by atoms with Crippen molar-refractivity contribution in [2.75, 3.05) is 26.7 Å². The van der Waals surface area contributed by atoms with E-state index in [-0.39, 0.29) is 23.1 Å². The van der Waals surface area contributed by atoms with Crippen molar-refractivity contribution in [3.8, 4) is 0 Å². The van der Waals surface area contributed by atoms with Crippen LogP contribution in [0.2, 0.25) is 0 Å². The maximum atomic E-state index is 12.7. The summed E-state index contributed by atoms with van der Waals surface area (Å²) < 4.78 is 8.35. The van der Waals surface area contributed by atoms with Crippen LogP contribution in [-0.4, -0.2) is 48.1 Å². The second-order valence-corrected chi connectivity index (χ2v) is 9.31. The second-order valence-electron chi connectivity index (χ2n) is 8.11. The molecule has 1 aliphatic heterocycles. The molecule has 164 valence electrons. The van der Waals surface area contributed by atoms with Gasteiger partial charge in [0.15, 0.2) is 5.78 Å². The summed E-state index contributed by atoms with van der Waals surface area (Å²) in [5, 5.41) is 0. The molecule has 2 aromatic rings. The molecular weight excluding hydrogens is 412 g/mol. The lowest BCUT2D eigenvalue weighted by Crippen LogP contribution is -2.41. The van der Waals surface area contributed by atoms with Crippen molar-refractivity contribution < 1.29 is 14.3 Å². The first-order valence-electron chi connectivity index (χ1n) is 10.5. The van der Waals surface area contributed by atoms with Crippen molar-refractivity contribution >= 4 is 23.7 Å². The zero-order chi connectivity index (χ0) is 22.3. The zero-order valence-electron chi connectivity index (χ0n) is 18.0. The molecule has 1 atom stereocenters. The van der Waals surface area contributed by atoms with E-state index in [1.807, 2.05) is 24.3 Å². The topological polar surface area (TPSA) is 76.0 Å². The Morgan fingerprint density at radius 1 is 1.10 bits per heavy atom. The third-order valence-corrected chi connectivity index (χ3v) is 7.04. The molecule has 31 heavy (non-hydrogen) atoms. The van der Waals surface area contributed by atoms with Gasteiger partial charge >= 0.3 is 5.97 Å². The van der Waals surface area contributed by atoms with Gasteiger partial charge in [-0.25, -0.2) is 0 Å². The number of nitroso groups, excluding NO2 is 1. The molecule has 0 bridgehead atoms. The first kappa shape index (κ1) is 23.2. The van der Waals surface area contributed by atoms with Crippen LogP contribution in [0.4, 0.5) is 0 Å². The molecule has 1 aliphatic rings. The maximum absolute atomic E-state index is 12.7. The van der Waals surface area contributed by atoms with Crippen LogP contribution in [0.5, 0.6) is 0 Å². The van der Waals surface area contributed by atoms with Crippen molar-refractivity contribution in [1.82, 2.24) is 4.90 Å². The SMILES string of the molecule is CC(C(=O)OCCC1(SN=O)CCN(C)CC1)c1cccc(C(=O)c2ccccc2)c1. The smallest absolute Gasteiger partial charge is 0.313 e. The fraction of sp³-hybridized carbons (Fsp3) is 0.417. The largest absolute Gasteiger partial charge is 0.465 e. The van der Waals surface area contributed by atoms with E-state index in [1.165, 1.54) is 0 Å². The number of carbonyl (C=O) groups excluding carboxylic acids is 2. The number of esters is 1. The van der Waals surface area contributed by atoms with Crippen molar-refractivity contribution in [2.24, 2.45) is 4.58 Å². The van der Waals surface area contributed by atoms with Gasteiger partial charge in [0, 0.05) is 32.4 Å². The fourth-order valence-electron chi connectivity index (χ4n) is 3.80. The van der Waals surface area contributed by atoms with Gasteiger partial charge in [0.2, 0.25) is 0 Å². The number of hydrogen-bond acceptors (Lipinski definition) is 7. The average molecular weight is 441 g/mol. The normalized spacial score (nSPS) is 17.0. The molecule has 0 saturated carbocycles. The Hall–Kier alpha value is -2.51. The number of ether oxygens (including phenoxy) is 1. The maximum Gasteiger partial charge on any atom is 0.313 e. The molecule has 2 aromatic carbocycles. The predicted octanol–water partition coefficient (Wildman–Crippen LogP) is 4.83. The van der Waals surface area contributed by atoms with Gasteiger partial charge in [-0.2, -0.15) is 0 Å². The first-order chi connectivity index (χ1) is 14.9. The van der Waals surface area contributed by atoms with Crippen LogP contribution < -0.4 is 0 Å². The van der Waals surface area contributed by atoms with E-state index in [0.29, 0.717) is 17.5 Å². The van der Waals surface area contributed by atoms with Gasteiger partial charge in [-0.05, 0) is 58.0 Å². The first-order valence-corrected chi connectivity index (χ1v) is 11.3. The zero-order valence-corrected chi connectivity index (χ0v) is 18.8. The Bertz CT molecular complexity index is 911. The molecule has 1 unspecified atom stereocenters. The summed E-state index contributed by atoms with van der Waals surface area (Å²) in [6.07, 6.45) is 2.29. The summed E-state index contributed by atoms with van der Waals surface area (Å²) in [7, 11) is 2.06. The summed E-state index contributed by atoms with van der Waals surface area (Å²) in [6.45, 7) is 3.82. The van der Waals surface area contributed by atoms with Crippen molar-refractivity contribution in [1.29, 1.82) is 0 Å². The number of piperidine rings is 1. The van der Waals surface area contributed by atoms with E-state index >= 15 is 0 Å². The summed E-state index contributed by atoms with van der Waals surface area (Å²) in [4.78, 5) is 38.5. The molecule has 1 saturated heterocycles. The van der Waals surface area contributed by atoms with E-state index in [1.54, 1.807) is 37.3 Å². The van der Waals surface area contributed by atoms with E-state index in [4.69, 9.17) is 4.74 Å². The summed E-state index contributed by atoms with van der Waals surface area (Å²) >= 11 is 1.08. The van der Waals surface area contributed by atoms with Crippen LogP contribution in [0.25, 0.3) is 0 Å². The minimum atomic E-state index is -0.492. The molecule has 1 heterocycles. The molecule has 6 nitrogen and oxygen atoms in total. The lowest BCUT2D eigenvalue weighted by molar-refractivity contribution is -0.145. The van der Waals surface area contributed by atoms with Gasteiger partial charge in [-0.1, -0.05) is 48.5 Å². The molecular formula is C24H28N2O4S. The monoisotopic (exact) mass is 440 g/mol. The molecule has 0 aromatic heterocycles. The fourth-order valence-corrected chi connectivity index (χ4v) is 4.49. The highest BCUT2D eigenvalue weighted by molar-refractivity contribution is 7.99. The number of rotatable bonds is 9. The summed E-state index contributed by atoms with van der Waals surface area (Å²) in [6, 6.07) is 16.2. The van der Waals surface area contributed by atoms with E-state index in [2.05, 4.69) is 16.5 Å². The van der Waals surface area contributed by atoms with Crippen molar-refractivity contribution in [3.63, 3.8) is 0 Å². The molecule has 0 spiro atoms. The number of hydrogen-bond donors (Lipinski definition) is 0. The van der Waals surface area contributed by atoms with Gasteiger partial charge < -0.3 is 9.64 Å². The third kappa shape index (κ3) is 6.02. The van der Waals surface area contributed by atoms with Gasteiger partial charge in [0.1, 0.15) is 0 Å². The quantitative estimate of drug-likeness (QED) is 0.240. The minimum absolute atomic E-state index is 0.0781. The Balaban J connectivity index is 1.60. The molecule has 1 fully saturated rings. The van der Waals surface area contributed by atoms with Crippen LogP contribution >= 0.6 is 11.9 Å². The van der Waals surface area contributed by atoms with Crippen LogP contribution in [0, 0.1) is 4.91 Å². The van der Waals surface area contributed by atoms with Gasteiger partial charge in [-0.3, -0.25) is 9.59 Å². The lowest BCUT2D eigenvalue weighted by atomic mass is 9.93. The number of benzene rings is 2. The van der Waals surface area contributed by atoms with Crippen LogP contribution in [0.1, 0.15) is 53.6 Å². The second kappa shape index (κ2) is 10.7. The Morgan fingerprint density at radius 2 is 1.77 bits per heavy atom. The lowest BCUT2D eigenvalue weighted by Gasteiger charge is -2.37. The Kier molecular flexibility index (Phi) is 7.98. The van der Waals surface area contributed by atoms with E-state index in [0.717, 1.165) is 43.4 Å². The Morgan fingerprint density at radius 3 is 2.45 bits per heavy atom. The number of carbonyl (C=O) groups is 2. The van der Waals surface area contributed by atoms with Crippen molar-refractivity contribution in [2.45, 2.75) is 36.9 Å². The Labute approximate surface area is 187 Å². The van der Waals surface area contributed by atoms with Crippen LogP contribution in [-0.2, 0) is 9.53 Å². The highest BCUT2D eigenvalue weighted by atomic mass is 32.2. The number of nitrogens with zero attached hydrogens (tertiary/aromatic N) is 2. The molecule has 0 radical (unpaired) electrons. The highest BCUT2D eigenvalue weighted by Crippen LogP contribution is 2.39. The molecule has 3 rings (SSSR count). The molecule has 0 aliphatic carbocycles. The third-order valence-electron chi connectivity index (χ3n) is 5.97. The molecule has 0 amide bonds. The van der Waals surface area contributed by atoms with Gasteiger partial charge in [0.25, 0.3) is 0 Å². The summed E-state index contributed by atoms with van der Waals surface area (Å²) in [5.74, 6) is -0.907. The van der Waals surface area contributed by atoms with Crippen LogP contribution in [0.3, 0.4) is 0 Å². The minimum Gasteiger partial charge on any atom is -0.465 e. The van der Waals surface area contributed by atoms with E-state index < -0.39 is 5.92 Å². The standard InChI is InChI=1S/C24H28N2O4S/c1-18(20-9-6-10-21(17-20)22(27)19-7-4-3-5-8-19)23(28)30-16-13-24(31-25-29)11-14-26(2)15-12-24/h3-10,17-18H,11-16H2,1-2H3. The summed E-state index contributed by atoms with van der Waals surface area (Å²) in [5.41, 5.74) is 1.89. The van der Waals surface area contributed by atoms with Gasteiger partial charge in [0.05, 0.1) is 12.5 Å². The number of likely N-dealkylation sites (tertiary alicyclic amines) is 1. The van der Waals surface area contributed by atoms with Gasteiger partial charge in [-0.15, -0.1) is 4.91 Å². The number of ketones is 1. The molecule has 0 N–H and O–H groups in total. The predicted molar refractivity (Wildman–Crippen MR) is 123 cm³/mol.